The summed E-state index contributed by atoms with van der Waals surface area (Å²) in [5.41, 5.74) is 0.120. The molecule has 2 rings (SSSR count). The normalized spacial score (nSPS) is 21.0. The van der Waals surface area contributed by atoms with Crippen molar-refractivity contribution in [3.63, 3.8) is 0 Å². The minimum Gasteiger partial charge on any atom is -0.467 e. The van der Waals surface area contributed by atoms with Gasteiger partial charge in [-0.25, -0.2) is 0 Å². The molecule has 0 aromatic carbocycles. The van der Waals surface area contributed by atoms with Crippen LogP contribution < -0.4 is 16.0 Å². The van der Waals surface area contributed by atoms with Crippen LogP contribution in [0.15, 0.2) is 27.8 Å². The van der Waals surface area contributed by atoms with E-state index < -0.39 is 0 Å². The molecular weight excluding hydrogens is 459 g/mol. The van der Waals surface area contributed by atoms with Crippen LogP contribution in [0.2, 0.25) is 0 Å². The van der Waals surface area contributed by atoms with Gasteiger partial charge in [0.05, 0.1) is 25.5 Å². The molecule has 3 N–H and O–H groups in total. The highest BCUT2D eigenvalue weighted by Gasteiger charge is 2.53. The van der Waals surface area contributed by atoms with Crippen molar-refractivity contribution in [3.8, 4) is 0 Å². The highest BCUT2D eigenvalue weighted by molar-refractivity contribution is 14.0. The number of carbonyl (C=O) groups is 1. The zero-order chi connectivity index (χ0) is 19.0. The Morgan fingerprint density at radius 1 is 1.33 bits per heavy atom. The molecule has 1 aliphatic carbocycles. The maximum atomic E-state index is 12.0. The van der Waals surface area contributed by atoms with Crippen molar-refractivity contribution in [1.29, 1.82) is 0 Å². The molecule has 1 fully saturated rings. The van der Waals surface area contributed by atoms with Crippen molar-refractivity contribution in [2.24, 2.45) is 10.4 Å². The summed E-state index contributed by atoms with van der Waals surface area (Å²) in [5.74, 6) is 1.26. The lowest BCUT2D eigenvalue weighted by atomic mass is 9.58. The summed E-state index contributed by atoms with van der Waals surface area (Å²) >= 11 is 0. The van der Waals surface area contributed by atoms with E-state index >= 15 is 0 Å². The van der Waals surface area contributed by atoms with E-state index in [9.17, 15) is 4.79 Å². The first-order valence-electron chi connectivity index (χ1n) is 9.47. The maximum Gasteiger partial charge on any atom is 0.239 e. The van der Waals surface area contributed by atoms with Crippen molar-refractivity contribution in [3.05, 3.63) is 24.2 Å². The van der Waals surface area contributed by atoms with E-state index in [1.165, 1.54) is 0 Å². The van der Waals surface area contributed by atoms with Crippen molar-refractivity contribution in [1.82, 2.24) is 16.0 Å². The van der Waals surface area contributed by atoms with Crippen LogP contribution in [0, 0.1) is 5.41 Å². The minimum atomic E-state index is -0.109. The van der Waals surface area contributed by atoms with Gasteiger partial charge in [-0.3, -0.25) is 9.79 Å². The molecule has 2 unspecified atom stereocenters. The Balaban J connectivity index is 0.00000364. The lowest BCUT2D eigenvalue weighted by molar-refractivity contribution is -0.133. The summed E-state index contributed by atoms with van der Waals surface area (Å²) in [6, 6.07) is 3.92. The number of amides is 1. The van der Waals surface area contributed by atoms with Crippen LogP contribution >= 0.6 is 24.0 Å². The Morgan fingerprint density at radius 2 is 2.07 bits per heavy atom. The second-order valence-electron chi connectivity index (χ2n) is 6.60. The second-order valence-corrected chi connectivity index (χ2v) is 6.60. The molecule has 1 aromatic rings. The smallest absolute Gasteiger partial charge is 0.239 e. The number of nitrogens with one attached hydrogen (secondary N) is 3. The first-order valence-corrected chi connectivity index (χ1v) is 9.47. The fourth-order valence-electron chi connectivity index (χ4n) is 3.77. The van der Waals surface area contributed by atoms with E-state index in [1.54, 1.807) is 19.4 Å². The standard InChI is InChI=1S/C19H32N4O3.HI/c1-5-19(6-2)15(11-16(19)25-7-3)23-18(20-4)22-13-17(24)21-12-14-9-8-10-26-14;/h8-10,15-16H,5-7,11-13H2,1-4H3,(H,21,24)(H2,20,22,23);1H. The molecule has 8 heteroatoms. The lowest BCUT2D eigenvalue weighted by Crippen LogP contribution is -2.65. The van der Waals surface area contributed by atoms with Gasteiger partial charge < -0.3 is 25.1 Å². The van der Waals surface area contributed by atoms with Gasteiger partial charge in [0.1, 0.15) is 5.76 Å². The van der Waals surface area contributed by atoms with E-state index in [1.807, 2.05) is 13.0 Å². The molecule has 0 radical (unpaired) electrons. The van der Waals surface area contributed by atoms with Gasteiger partial charge in [0, 0.05) is 25.1 Å². The number of furan rings is 1. The predicted octanol–water partition coefficient (Wildman–Crippen LogP) is 2.66. The van der Waals surface area contributed by atoms with E-state index in [2.05, 4.69) is 34.8 Å². The number of ether oxygens (including phenoxy) is 1. The summed E-state index contributed by atoms with van der Waals surface area (Å²) in [4.78, 5) is 16.2. The van der Waals surface area contributed by atoms with Gasteiger partial charge in [-0.15, -0.1) is 24.0 Å². The molecule has 1 aromatic heterocycles. The van der Waals surface area contributed by atoms with Gasteiger partial charge in [-0.1, -0.05) is 13.8 Å². The van der Waals surface area contributed by atoms with Crippen LogP contribution in [0.1, 0.15) is 45.8 Å². The van der Waals surface area contributed by atoms with Gasteiger partial charge in [0.2, 0.25) is 5.91 Å². The molecule has 1 amide bonds. The number of guanidine groups is 1. The van der Waals surface area contributed by atoms with Crippen LogP contribution in [-0.2, 0) is 16.1 Å². The molecule has 0 aliphatic heterocycles. The van der Waals surface area contributed by atoms with Crippen LogP contribution in [0.5, 0.6) is 0 Å². The van der Waals surface area contributed by atoms with E-state index in [-0.39, 0.29) is 47.9 Å². The molecule has 0 bridgehead atoms. The summed E-state index contributed by atoms with van der Waals surface area (Å²) < 4.78 is 11.1. The van der Waals surface area contributed by atoms with Gasteiger partial charge in [-0.05, 0) is 38.3 Å². The lowest BCUT2D eigenvalue weighted by Gasteiger charge is -2.55. The Hall–Kier alpha value is -1.29. The number of nitrogens with zero attached hydrogens (tertiary/aromatic N) is 1. The monoisotopic (exact) mass is 492 g/mol. The third-order valence-electron chi connectivity index (χ3n) is 5.46. The minimum absolute atomic E-state index is 0. The van der Waals surface area contributed by atoms with Gasteiger partial charge >= 0.3 is 0 Å². The fraction of sp³-hybridized carbons (Fsp3) is 0.684. The van der Waals surface area contributed by atoms with Crippen molar-refractivity contribution in [2.45, 2.75) is 58.7 Å². The Morgan fingerprint density at radius 3 is 2.63 bits per heavy atom. The first-order chi connectivity index (χ1) is 12.6. The number of aliphatic imine (C=N–C) groups is 1. The van der Waals surface area contributed by atoms with Crippen LogP contribution in [0.3, 0.4) is 0 Å². The van der Waals surface area contributed by atoms with Crippen molar-refractivity contribution < 1.29 is 13.9 Å². The number of hydrogen-bond acceptors (Lipinski definition) is 4. The predicted molar refractivity (Wildman–Crippen MR) is 117 cm³/mol. The maximum absolute atomic E-state index is 12.0. The zero-order valence-electron chi connectivity index (χ0n) is 16.7. The fourth-order valence-corrected chi connectivity index (χ4v) is 3.77. The molecule has 1 heterocycles. The van der Waals surface area contributed by atoms with Crippen LogP contribution in [0.4, 0.5) is 0 Å². The average Bonchev–Trinajstić information content (AvgIpc) is 3.16. The molecule has 2 atom stereocenters. The third kappa shape index (κ3) is 5.84. The zero-order valence-corrected chi connectivity index (χ0v) is 19.0. The summed E-state index contributed by atoms with van der Waals surface area (Å²) in [7, 11) is 1.72. The highest BCUT2D eigenvalue weighted by Crippen LogP contribution is 2.48. The Labute approximate surface area is 179 Å². The summed E-state index contributed by atoms with van der Waals surface area (Å²) in [6.07, 6.45) is 4.93. The molecule has 0 spiro atoms. The van der Waals surface area contributed by atoms with E-state index in [0.29, 0.717) is 18.5 Å². The van der Waals surface area contributed by atoms with Crippen molar-refractivity contribution in [2.75, 3.05) is 20.2 Å². The third-order valence-corrected chi connectivity index (χ3v) is 5.46. The highest BCUT2D eigenvalue weighted by atomic mass is 127. The van der Waals surface area contributed by atoms with Gasteiger partial charge in [0.15, 0.2) is 5.96 Å². The summed E-state index contributed by atoms with van der Waals surface area (Å²) in [5, 5.41) is 9.37. The molecule has 7 nitrogen and oxygen atoms in total. The first kappa shape index (κ1) is 23.7. The van der Waals surface area contributed by atoms with Crippen LogP contribution in [0.25, 0.3) is 0 Å². The molecule has 1 aliphatic rings. The quantitative estimate of drug-likeness (QED) is 0.280. The van der Waals surface area contributed by atoms with Gasteiger partial charge in [0.25, 0.3) is 0 Å². The SMILES string of the molecule is CCOC1CC(NC(=NC)NCC(=O)NCc2ccco2)C1(CC)CC.I. The number of carbonyl (C=O) groups excluding carboxylic acids is 1. The van der Waals surface area contributed by atoms with Crippen LogP contribution in [-0.4, -0.2) is 44.2 Å². The number of hydrogen-bond donors (Lipinski definition) is 3. The molecule has 154 valence electrons. The number of rotatable bonds is 9. The Kier molecular flexibility index (Phi) is 10.1. The molecule has 27 heavy (non-hydrogen) atoms. The molecule has 1 saturated carbocycles. The van der Waals surface area contributed by atoms with Gasteiger partial charge in [-0.2, -0.15) is 0 Å². The van der Waals surface area contributed by atoms with E-state index in [0.717, 1.165) is 31.6 Å². The molecular formula is C19H33IN4O3. The van der Waals surface area contributed by atoms with E-state index in [4.69, 9.17) is 9.15 Å². The molecule has 0 saturated heterocycles. The Bertz CT molecular complexity index is 588. The average molecular weight is 492 g/mol. The van der Waals surface area contributed by atoms with Crippen molar-refractivity contribution >= 4 is 35.8 Å². The number of halogens is 1. The topological polar surface area (TPSA) is 87.9 Å². The second kappa shape index (κ2) is 11.5. The summed E-state index contributed by atoms with van der Waals surface area (Å²) in [6.45, 7) is 7.74. The largest absolute Gasteiger partial charge is 0.467 e.